The van der Waals surface area contributed by atoms with Crippen molar-refractivity contribution < 1.29 is 14.2 Å². The van der Waals surface area contributed by atoms with Crippen molar-refractivity contribution in [3.63, 3.8) is 0 Å². The van der Waals surface area contributed by atoms with E-state index in [0.29, 0.717) is 6.54 Å². The molecule has 3 rings (SSSR count). The molecule has 2 aromatic rings. The minimum atomic E-state index is 0. The molecular weight excluding hydrogens is 493 g/mol. The number of hydrogen-bond donors (Lipinski definition) is 2. The minimum Gasteiger partial charge on any atom is -0.493 e. The first-order valence-corrected chi connectivity index (χ1v) is 9.99. The van der Waals surface area contributed by atoms with Gasteiger partial charge in [-0.15, -0.1) is 24.0 Å². The van der Waals surface area contributed by atoms with Crippen LogP contribution in [0.5, 0.6) is 11.5 Å². The van der Waals surface area contributed by atoms with Gasteiger partial charge in [0.25, 0.3) is 0 Å². The monoisotopic (exact) mass is 525 g/mol. The van der Waals surface area contributed by atoms with Crippen molar-refractivity contribution in [2.24, 2.45) is 4.99 Å². The average Bonchev–Trinajstić information content (AvgIpc) is 2.80. The molecule has 0 aromatic heterocycles. The first-order valence-electron chi connectivity index (χ1n) is 9.99. The standard InChI is InChI=1S/C23H31N3O3.HI/c1-24-22(25-16-18-9-10-20(27-2)21(15-18)28-3)26-17-23(11-13-29-14-12-23)19-7-5-4-6-8-19;/h4-10,15H,11-14,16-17H2,1-3H3,(H2,24,25,26);1H. The van der Waals surface area contributed by atoms with Crippen molar-refractivity contribution in [2.75, 3.05) is 41.0 Å². The van der Waals surface area contributed by atoms with Gasteiger partial charge in [-0.3, -0.25) is 4.99 Å². The third-order valence-corrected chi connectivity index (χ3v) is 5.56. The molecule has 2 aromatic carbocycles. The Bertz CT molecular complexity index is 809. The summed E-state index contributed by atoms with van der Waals surface area (Å²) in [6.45, 7) is 3.02. The van der Waals surface area contributed by atoms with Crippen LogP contribution in [0.1, 0.15) is 24.0 Å². The zero-order chi connectivity index (χ0) is 20.5. The summed E-state index contributed by atoms with van der Waals surface area (Å²) in [6.07, 6.45) is 1.99. The van der Waals surface area contributed by atoms with E-state index in [1.807, 2.05) is 18.2 Å². The van der Waals surface area contributed by atoms with Gasteiger partial charge in [0.1, 0.15) is 0 Å². The van der Waals surface area contributed by atoms with Gasteiger partial charge in [-0.2, -0.15) is 0 Å². The molecule has 1 saturated heterocycles. The van der Waals surface area contributed by atoms with Gasteiger partial charge in [-0.25, -0.2) is 0 Å². The second-order valence-electron chi connectivity index (χ2n) is 7.23. The molecule has 0 atom stereocenters. The molecule has 1 fully saturated rings. The van der Waals surface area contributed by atoms with E-state index in [2.05, 4.69) is 46.0 Å². The molecule has 164 valence electrons. The van der Waals surface area contributed by atoms with Crippen LogP contribution in [-0.4, -0.2) is 47.0 Å². The van der Waals surface area contributed by atoms with E-state index < -0.39 is 0 Å². The lowest BCUT2D eigenvalue weighted by Gasteiger charge is -2.38. The predicted molar refractivity (Wildman–Crippen MR) is 131 cm³/mol. The Labute approximate surface area is 196 Å². The van der Waals surface area contributed by atoms with Gasteiger partial charge in [-0.05, 0) is 36.1 Å². The largest absolute Gasteiger partial charge is 0.493 e. The third-order valence-electron chi connectivity index (χ3n) is 5.56. The van der Waals surface area contributed by atoms with Crippen LogP contribution in [-0.2, 0) is 16.7 Å². The van der Waals surface area contributed by atoms with Crippen LogP contribution in [0.25, 0.3) is 0 Å². The van der Waals surface area contributed by atoms with E-state index in [9.17, 15) is 0 Å². The van der Waals surface area contributed by atoms with Crippen molar-refractivity contribution in [2.45, 2.75) is 24.8 Å². The van der Waals surface area contributed by atoms with E-state index in [4.69, 9.17) is 14.2 Å². The van der Waals surface area contributed by atoms with Crippen LogP contribution in [0.2, 0.25) is 0 Å². The molecule has 0 amide bonds. The minimum absolute atomic E-state index is 0. The maximum Gasteiger partial charge on any atom is 0.191 e. The average molecular weight is 525 g/mol. The van der Waals surface area contributed by atoms with Crippen LogP contribution < -0.4 is 20.1 Å². The Balaban J connectivity index is 0.00000320. The van der Waals surface area contributed by atoms with E-state index in [1.165, 1.54) is 5.56 Å². The third kappa shape index (κ3) is 6.01. The lowest BCUT2D eigenvalue weighted by molar-refractivity contribution is 0.0514. The van der Waals surface area contributed by atoms with Crippen LogP contribution in [0.15, 0.2) is 53.5 Å². The molecule has 6 nitrogen and oxygen atoms in total. The fourth-order valence-electron chi connectivity index (χ4n) is 3.77. The summed E-state index contributed by atoms with van der Waals surface area (Å²) in [5.74, 6) is 2.23. The first kappa shape index (κ1) is 24.3. The zero-order valence-electron chi connectivity index (χ0n) is 17.9. The number of halogens is 1. The molecule has 0 spiro atoms. The Hall–Kier alpha value is -2.00. The van der Waals surface area contributed by atoms with Crippen molar-refractivity contribution in [3.8, 4) is 11.5 Å². The highest BCUT2D eigenvalue weighted by Gasteiger charge is 2.34. The molecule has 1 aliphatic heterocycles. The number of aliphatic imine (C=N–C) groups is 1. The molecule has 0 radical (unpaired) electrons. The number of nitrogens with zero attached hydrogens (tertiary/aromatic N) is 1. The SMILES string of the molecule is CN=C(NCc1ccc(OC)c(OC)c1)NCC1(c2ccccc2)CCOCC1.I. The number of rotatable bonds is 7. The normalized spacial score (nSPS) is 15.6. The fraction of sp³-hybridized carbons (Fsp3) is 0.435. The van der Waals surface area contributed by atoms with Gasteiger partial charge in [0.05, 0.1) is 14.2 Å². The summed E-state index contributed by atoms with van der Waals surface area (Å²) >= 11 is 0. The Morgan fingerprint density at radius 1 is 1.00 bits per heavy atom. The lowest BCUT2D eigenvalue weighted by atomic mass is 9.74. The molecule has 7 heteroatoms. The van der Waals surface area contributed by atoms with Gasteiger partial charge in [0.2, 0.25) is 0 Å². The van der Waals surface area contributed by atoms with Crippen LogP contribution in [0, 0.1) is 0 Å². The van der Waals surface area contributed by atoms with Crippen LogP contribution in [0.4, 0.5) is 0 Å². The summed E-state index contributed by atoms with van der Waals surface area (Å²) in [5, 5.41) is 6.92. The number of guanidine groups is 1. The van der Waals surface area contributed by atoms with Crippen molar-refractivity contribution in [3.05, 3.63) is 59.7 Å². The molecule has 0 unspecified atom stereocenters. The predicted octanol–water partition coefficient (Wildman–Crippen LogP) is 3.74. The highest BCUT2D eigenvalue weighted by atomic mass is 127. The summed E-state index contributed by atoms with van der Waals surface area (Å²) in [6, 6.07) is 16.6. The topological polar surface area (TPSA) is 64.1 Å². The molecule has 0 saturated carbocycles. The second-order valence-corrected chi connectivity index (χ2v) is 7.23. The smallest absolute Gasteiger partial charge is 0.191 e. The van der Waals surface area contributed by atoms with Crippen LogP contribution >= 0.6 is 24.0 Å². The Kier molecular flexibility index (Phi) is 9.71. The van der Waals surface area contributed by atoms with Crippen molar-refractivity contribution in [1.29, 1.82) is 0 Å². The zero-order valence-corrected chi connectivity index (χ0v) is 20.3. The first-order chi connectivity index (χ1) is 14.2. The fourth-order valence-corrected chi connectivity index (χ4v) is 3.77. The summed E-state index contributed by atoms with van der Waals surface area (Å²) in [7, 11) is 5.08. The maximum absolute atomic E-state index is 5.63. The number of methoxy groups -OCH3 is 2. The Morgan fingerprint density at radius 2 is 1.70 bits per heavy atom. The number of benzene rings is 2. The molecular formula is C23H32IN3O3. The molecule has 1 aliphatic rings. The molecule has 0 bridgehead atoms. The van der Waals surface area contributed by atoms with Gasteiger partial charge in [0.15, 0.2) is 17.5 Å². The van der Waals surface area contributed by atoms with Crippen LogP contribution in [0.3, 0.4) is 0 Å². The summed E-state index contributed by atoms with van der Waals surface area (Å²) in [4.78, 5) is 4.40. The number of hydrogen-bond acceptors (Lipinski definition) is 4. The second kappa shape index (κ2) is 12.0. The van der Waals surface area contributed by atoms with E-state index in [-0.39, 0.29) is 29.4 Å². The quantitative estimate of drug-likeness (QED) is 0.328. The van der Waals surface area contributed by atoms with Crippen molar-refractivity contribution >= 4 is 29.9 Å². The maximum atomic E-state index is 5.63. The summed E-state index contributed by atoms with van der Waals surface area (Å²) < 4.78 is 16.3. The van der Waals surface area contributed by atoms with Gasteiger partial charge < -0.3 is 24.8 Å². The van der Waals surface area contributed by atoms with E-state index in [1.54, 1.807) is 21.3 Å². The van der Waals surface area contributed by atoms with Gasteiger partial charge >= 0.3 is 0 Å². The highest BCUT2D eigenvalue weighted by molar-refractivity contribution is 14.0. The Morgan fingerprint density at radius 3 is 2.33 bits per heavy atom. The van der Waals surface area contributed by atoms with E-state index >= 15 is 0 Å². The number of ether oxygens (including phenoxy) is 3. The molecule has 30 heavy (non-hydrogen) atoms. The van der Waals surface area contributed by atoms with Crippen molar-refractivity contribution in [1.82, 2.24) is 10.6 Å². The highest BCUT2D eigenvalue weighted by Crippen LogP contribution is 2.34. The lowest BCUT2D eigenvalue weighted by Crippen LogP contribution is -2.47. The molecule has 1 heterocycles. The molecule has 0 aliphatic carbocycles. The molecule has 2 N–H and O–H groups in total. The van der Waals surface area contributed by atoms with E-state index in [0.717, 1.165) is 55.6 Å². The van der Waals surface area contributed by atoms with Gasteiger partial charge in [-0.1, -0.05) is 36.4 Å². The number of nitrogens with one attached hydrogen (secondary N) is 2. The van der Waals surface area contributed by atoms with Gasteiger partial charge in [0, 0.05) is 38.8 Å². The summed E-state index contributed by atoms with van der Waals surface area (Å²) in [5.41, 5.74) is 2.50.